The molecule has 0 radical (unpaired) electrons. The molecular weight excluding hydrogens is 192 g/mol. The average Bonchev–Trinajstić information content (AvgIpc) is 2.98. The molecule has 0 amide bonds. The monoisotopic (exact) mass is 210 g/mol. The number of nitrogens with one attached hydrogen (secondary N) is 1. The largest absolute Gasteiger partial charge is 0.407 e. The van der Waals surface area contributed by atoms with Crippen LogP contribution in [0.3, 0.4) is 0 Å². The summed E-state index contributed by atoms with van der Waals surface area (Å²) in [5.41, 5.74) is 0. The molecule has 1 saturated carbocycles. The molecule has 5 heteroatoms. The van der Waals surface area contributed by atoms with Crippen molar-refractivity contribution < 1.29 is 4.42 Å². The lowest BCUT2D eigenvalue weighted by Gasteiger charge is -2.21. The summed E-state index contributed by atoms with van der Waals surface area (Å²) in [6, 6.07) is 1.12. The first kappa shape index (κ1) is 10.4. The Labute approximate surface area is 89.9 Å². The Morgan fingerprint density at radius 1 is 1.53 bits per heavy atom. The van der Waals surface area contributed by atoms with Crippen molar-refractivity contribution in [2.75, 3.05) is 19.0 Å². The molecule has 1 fully saturated rings. The third kappa shape index (κ3) is 2.28. The summed E-state index contributed by atoms with van der Waals surface area (Å²) in [4.78, 5) is 2.07. The van der Waals surface area contributed by atoms with Crippen molar-refractivity contribution in [1.29, 1.82) is 0 Å². The Kier molecular flexibility index (Phi) is 2.90. The summed E-state index contributed by atoms with van der Waals surface area (Å²) in [7, 11) is 3.88. The Morgan fingerprint density at radius 2 is 2.27 bits per heavy atom. The van der Waals surface area contributed by atoms with Crippen LogP contribution < -0.4 is 10.2 Å². The summed E-state index contributed by atoms with van der Waals surface area (Å²) in [5.74, 6) is 1.44. The van der Waals surface area contributed by atoms with Crippen molar-refractivity contribution in [3.05, 3.63) is 5.89 Å². The predicted octanol–water partition coefficient (Wildman–Crippen LogP) is 1.02. The number of anilines is 1. The molecule has 1 aromatic rings. The smallest absolute Gasteiger partial charge is 0.318 e. The van der Waals surface area contributed by atoms with Crippen molar-refractivity contribution in [1.82, 2.24) is 15.5 Å². The number of nitrogens with zero attached hydrogens (tertiary/aromatic N) is 3. The summed E-state index contributed by atoms with van der Waals surface area (Å²) in [5, 5.41) is 11.0. The van der Waals surface area contributed by atoms with E-state index >= 15 is 0 Å². The van der Waals surface area contributed by atoms with Gasteiger partial charge in [-0.05, 0) is 32.7 Å². The van der Waals surface area contributed by atoms with E-state index in [1.54, 1.807) is 0 Å². The van der Waals surface area contributed by atoms with E-state index in [2.05, 4.69) is 27.3 Å². The molecule has 0 saturated heterocycles. The maximum absolute atomic E-state index is 5.53. The number of hydrogen-bond acceptors (Lipinski definition) is 5. The van der Waals surface area contributed by atoms with Crippen LogP contribution in [0.4, 0.5) is 6.01 Å². The highest BCUT2D eigenvalue weighted by molar-refractivity contribution is 5.25. The normalized spacial score (nSPS) is 17.8. The predicted molar refractivity (Wildman–Crippen MR) is 57.7 cm³/mol. The second-order valence-electron chi connectivity index (χ2n) is 4.20. The molecule has 2 rings (SSSR count). The van der Waals surface area contributed by atoms with Crippen LogP contribution in [-0.2, 0) is 6.54 Å². The van der Waals surface area contributed by atoms with Crippen LogP contribution in [0.2, 0.25) is 0 Å². The van der Waals surface area contributed by atoms with Crippen molar-refractivity contribution in [2.45, 2.75) is 32.4 Å². The standard InChI is InChI=1S/C10H18N4O/c1-7(8-4-5-8)14(3)10-13-12-9(15-10)6-11-2/h7-8,11H,4-6H2,1-3H3. The lowest BCUT2D eigenvalue weighted by molar-refractivity contribution is 0.457. The van der Waals surface area contributed by atoms with Gasteiger partial charge in [0.2, 0.25) is 5.89 Å². The molecule has 1 aromatic heterocycles. The lowest BCUT2D eigenvalue weighted by atomic mass is 10.2. The molecule has 1 atom stereocenters. The minimum absolute atomic E-state index is 0.493. The molecule has 1 aliphatic carbocycles. The highest BCUT2D eigenvalue weighted by atomic mass is 16.4. The fourth-order valence-corrected chi connectivity index (χ4v) is 1.68. The molecule has 0 aromatic carbocycles. The van der Waals surface area contributed by atoms with Gasteiger partial charge >= 0.3 is 6.01 Å². The Bertz CT molecular complexity index is 321. The van der Waals surface area contributed by atoms with Crippen LogP contribution >= 0.6 is 0 Å². The van der Waals surface area contributed by atoms with Gasteiger partial charge < -0.3 is 14.6 Å². The van der Waals surface area contributed by atoms with Gasteiger partial charge in [-0.2, -0.15) is 0 Å². The third-order valence-corrected chi connectivity index (χ3v) is 3.00. The van der Waals surface area contributed by atoms with E-state index in [1.165, 1.54) is 12.8 Å². The maximum Gasteiger partial charge on any atom is 0.318 e. The van der Waals surface area contributed by atoms with Gasteiger partial charge in [-0.1, -0.05) is 5.10 Å². The van der Waals surface area contributed by atoms with Gasteiger partial charge in [-0.25, -0.2) is 0 Å². The van der Waals surface area contributed by atoms with Crippen molar-refractivity contribution >= 4 is 6.01 Å². The minimum atomic E-state index is 0.493. The van der Waals surface area contributed by atoms with E-state index in [1.807, 2.05) is 14.1 Å². The second-order valence-corrected chi connectivity index (χ2v) is 4.20. The van der Waals surface area contributed by atoms with Gasteiger partial charge in [-0.15, -0.1) is 5.10 Å². The molecule has 15 heavy (non-hydrogen) atoms. The zero-order valence-electron chi connectivity index (χ0n) is 9.53. The van der Waals surface area contributed by atoms with Gasteiger partial charge in [0.05, 0.1) is 6.54 Å². The fraction of sp³-hybridized carbons (Fsp3) is 0.800. The molecule has 1 heterocycles. The molecule has 0 aliphatic heterocycles. The fourth-order valence-electron chi connectivity index (χ4n) is 1.68. The first-order valence-electron chi connectivity index (χ1n) is 5.42. The van der Waals surface area contributed by atoms with Crippen LogP contribution in [0.1, 0.15) is 25.7 Å². The second kappa shape index (κ2) is 4.18. The van der Waals surface area contributed by atoms with Crippen LogP contribution in [0.5, 0.6) is 0 Å². The number of rotatable bonds is 5. The van der Waals surface area contributed by atoms with E-state index in [0.29, 0.717) is 24.5 Å². The van der Waals surface area contributed by atoms with Gasteiger partial charge in [0.15, 0.2) is 0 Å². The van der Waals surface area contributed by atoms with E-state index < -0.39 is 0 Å². The summed E-state index contributed by atoms with van der Waals surface area (Å²) in [6.07, 6.45) is 2.64. The first-order valence-corrected chi connectivity index (χ1v) is 5.42. The minimum Gasteiger partial charge on any atom is -0.407 e. The first-order chi connectivity index (χ1) is 7.22. The summed E-state index contributed by atoms with van der Waals surface area (Å²) in [6.45, 7) is 2.83. The summed E-state index contributed by atoms with van der Waals surface area (Å²) < 4.78 is 5.53. The van der Waals surface area contributed by atoms with Crippen molar-refractivity contribution in [3.63, 3.8) is 0 Å². The molecular formula is C10H18N4O. The zero-order chi connectivity index (χ0) is 10.8. The Balaban J connectivity index is 2.00. The van der Waals surface area contributed by atoms with Gasteiger partial charge in [0.25, 0.3) is 0 Å². The van der Waals surface area contributed by atoms with Crippen LogP contribution in [0, 0.1) is 5.92 Å². The van der Waals surface area contributed by atoms with E-state index in [9.17, 15) is 0 Å². The van der Waals surface area contributed by atoms with Crippen molar-refractivity contribution in [3.8, 4) is 0 Å². The van der Waals surface area contributed by atoms with Crippen molar-refractivity contribution in [2.24, 2.45) is 5.92 Å². The third-order valence-electron chi connectivity index (χ3n) is 3.00. The van der Waals surface area contributed by atoms with Crippen LogP contribution in [0.25, 0.3) is 0 Å². The highest BCUT2D eigenvalue weighted by Gasteiger charge is 2.32. The van der Waals surface area contributed by atoms with Crippen LogP contribution in [0.15, 0.2) is 4.42 Å². The Morgan fingerprint density at radius 3 is 2.87 bits per heavy atom. The number of hydrogen-bond donors (Lipinski definition) is 1. The average molecular weight is 210 g/mol. The number of aromatic nitrogens is 2. The molecule has 5 nitrogen and oxygen atoms in total. The Hall–Kier alpha value is -1.10. The van der Waals surface area contributed by atoms with E-state index in [0.717, 1.165) is 5.92 Å². The molecule has 84 valence electrons. The van der Waals surface area contributed by atoms with E-state index in [-0.39, 0.29) is 0 Å². The molecule has 1 unspecified atom stereocenters. The highest BCUT2D eigenvalue weighted by Crippen LogP contribution is 2.35. The molecule has 1 N–H and O–H groups in total. The molecule has 1 aliphatic rings. The molecule has 0 bridgehead atoms. The SMILES string of the molecule is CNCc1nnc(N(C)C(C)C2CC2)o1. The topological polar surface area (TPSA) is 54.2 Å². The zero-order valence-corrected chi connectivity index (χ0v) is 9.53. The molecule has 0 spiro atoms. The van der Waals surface area contributed by atoms with Crippen LogP contribution in [-0.4, -0.2) is 30.3 Å². The van der Waals surface area contributed by atoms with Gasteiger partial charge in [-0.3, -0.25) is 0 Å². The van der Waals surface area contributed by atoms with E-state index in [4.69, 9.17) is 4.42 Å². The quantitative estimate of drug-likeness (QED) is 0.786. The van der Waals surface area contributed by atoms with Gasteiger partial charge in [0, 0.05) is 13.1 Å². The maximum atomic E-state index is 5.53. The lowest BCUT2D eigenvalue weighted by Crippen LogP contribution is -2.30. The summed E-state index contributed by atoms with van der Waals surface area (Å²) >= 11 is 0. The van der Waals surface area contributed by atoms with Gasteiger partial charge in [0.1, 0.15) is 0 Å².